The molecule has 0 saturated heterocycles. The van der Waals surface area contributed by atoms with Gasteiger partial charge in [0.1, 0.15) is 12.4 Å². The van der Waals surface area contributed by atoms with E-state index < -0.39 is 5.91 Å². The van der Waals surface area contributed by atoms with E-state index in [1.54, 1.807) is 17.4 Å². The summed E-state index contributed by atoms with van der Waals surface area (Å²) in [5.41, 5.74) is 5.93. The molecule has 2 aromatic rings. The van der Waals surface area contributed by atoms with Crippen molar-refractivity contribution in [3.05, 3.63) is 58.3 Å². The Labute approximate surface area is 110 Å². The molecule has 2 N–H and O–H groups in total. The molecule has 1 heterocycles. The van der Waals surface area contributed by atoms with Crippen LogP contribution in [0.3, 0.4) is 0 Å². The van der Waals surface area contributed by atoms with Gasteiger partial charge in [-0.1, -0.05) is 18.2 Å². The molecular weight excluding hydrogens is 246 g/mol. The van der Waals surface area contributed by atoms with Gasteiger partial charge in [0.05, 0.1) is 0 Å². The first kappa shape index (κ1) is 12.4. The van der Waals surface area contributed by atoms with Gasteiger partial charge >= 0.3 is 0 Å². The first-order valence-corrected chi connectivity index (χ1v) is 6.35. The number of benzene rings is 1. The summed E-state index contributed by atoms with van der Waals surface area (Å²) in [6.07, 6.45) is 3.00. The van der Waals surface area contributed by atoms with Gasteiger partial charge < -0.3 is 10.5 Å². The minimum Gasteiger partial charge on any atom is -0.488 e. The first-order chi connectivity index (χ1) is 8.74. The summed E-state index contributed by atoms with van der Waals surface area (Å²) in [5, 5.41) is 2.02. The number of rotatable bonds is 5. The lowest BCUT2D eigenvalue weighted by atomic mass is 10.2. The van der Waals surface area contributed by atoms with Gasteiger partial charge in [-0.2, -0.15) is 0 Å². The molecule has 1 aromatic carbocycles. The summed E-state index contributed by atoms with van der Waals surface area (Å²) in [4.78, 5) is 11.8. The van der Waals surface area contributed by atoms with E-state index in [2.05, 4.69) is 0 Å². The molecule has 0 spiro atoms. The monoisotopic (exact) mass is 259 g/mol. The predicted octanol–water partition coefficient (Wildman–Crippen LogP) is 2.83. The Kier molecular flexibility index (Phi) is 4.15. The van der Waals surface area contributed by atoms with E-state index >= 15 is 0 Å². The van der Waals surface area contributed by atoms with Crippen molar-refractivity contribution in [2.24, 2.45) is 5.73 Å². The second-order valence-corrected chi connectivity index (χ2v) is 4.71. The number of ether oxygens (including phenoxy) is 1. The number of hydrogen-bond acceptors (Lipinski definition) is 3. The molecule has 1 aromatic heterocycles. The minimum absolute atomic E-state index is 0.458. The van der Waals surface area contributed by atoms with E-state index in [9.17, 15) is 4.79 Å². The second-order valence-electron chi connectivity index (χ2n) is 3.68. The third-order valence-electron chi connectivity index (χ3n) is 2.26. The molecule has 0 aliphatic heterocycles. The summed E-state index contributed by atoms with van der Waals surface area (Å²) >= 11 is 1.66. The van der Waals surface area contributed by atoms with Crippen LogP contribution in [0, 0.1) is 0 Å². The van der Waals surface area contributed by atoms with Crippen LogP contribution >= 0.6 is 11.3 Å². The first-order valence-electron chi connectivity index (χ1n) is 5.47. The molecule has 0 aliphatic carbocycles. The molecule has 0 atom stereocenters. The highest BCUT2D eigenvalue weighted by Crippen LogP contribution is 2.17. The third-order valence-corrected chi connectivity index (χ3v) is 3.11. The molecule has 3 nitrogen and oxygen atoms in total. The van der Waals surface area contributed by atoms with Gasteiger partial charge in [-0.3, -0.25) is 4.79 Å². The second kappa shape index (κ2) is 6.02. The maximum absolute atomic E-state index is 10.6. The largest absolute Gasteiger partial charge is 0.488 e. The average Bonchev–Trinajstić information content (AvgIpc) is 2.87. The third kappa shape index (κ3) is 3.75. The minimum atomic E-state index is -0.458. The Hall–Kier alpha value is -2.07. The average molecular weight is 259 g/mol. The Bertz CT molecular complexity index is 547. The van der Waals surface area contributed by atoms with Gasteiger partial charge in [0, 0.05) is 11.0 Å². The fourth-order valence-electron chi connectivity index (χ4n) is 1.44. The van der Waals surface area contributed by atoms with Gasteiger partial charge in [0.25, 0.3) is 0 Å². The Balaban J connectivity index is 2.01. The molecule has 2 rings (SSSR count). The van der Waals surface area contributed by atoms with Crippen molar-refractivity contribution < 1.29 is 9.53 Å². The number of hydrogen-bond donors (Lipinski definition) is 1. The number of carbonyl (C=O) groups excluding carboxylic acids is 1. The fraction of sp³-hybridized carbons (Fsp3) is 0.0714. The molecule has 0 bridgehead atoms. The van der Waals surface area contributed by atoms with Crippen LogP contribution in [0.2, 0.25) is 0 Å². The number of carbonyl (C=O) groups is 1. The number of nitrogens with two attached hydrogens (primary N) is 1. The zero-order valence-corrected chi connectivity index (χ0v) is 10.5. The fourth-order valence-corrected chi connectivity index (χ4v) is 2.05. The standard InChI is InChI=1S/C14H13NO2S/c15-14(16)7-6-11-3-1-4-12(9-11)17-10-13-5-2-8-18-13/h1-9H,10H2,(H2,15,16)/b7-6-. The van der Waals surface area contributed by atoms with Crippen molar-refractivity contribution in [1.29, 1.82) is 0 Å². The highest BCUT2D eigenvalue weighted by Gasteiger charge is 1.97. The summed E-state index contributed by atoms with van der Waals surface area (Å²) in [5.74, 6) is 0.315. The zero-order chi connectivity index (χ0) is 12.8. The molecule has 4 heteroatoms. The van der Waals surface area contributed by atoms with Crippen molar-refractivity contribution >= 4 is 23.3 Å². The summed E-state index contributed by atoms with van der Waals surface area (Å²) < 4.78 is 5.66. The lowest BCUT2D eigenvalue weighted by Crippen LogP contribution is -2.05. The van der Waals surface area contributed by atoms with Crippen molar-refractivity contribution in [2.75, 3.05) is 0 Å². The molecule has 0 unspecified atom stereocenters. The number of amides is 1. The quantitative estimate of drug-likeness (QED) is 0.839. The summed E-state index contributed by atoms with van der Waals surface area (Å²) in [6, 6.07) is 11.5. The van der Waals surface area contributed by atoms with Crippen LogP contribution in [0.15, 0.2) is 47.9 Å². The molecule has 18 heavy (non-hydrogen) atoms. The molecule has 92 valence electrons. The molecular formula is C14H13NO2S. The van der Waals surface area contributed by atoms with Gasteiger partial charge in [0.15, 0.2) is 0 Å². The van der Waals surface area contributed by atoms with Crippen LogP contribution in [0.5, 0.6) is 5.75 Å². The van der Waals surface area contributed by atoms with Gasteiger partial charge in [-0.25, -0.2) is 0 Å². The maximum Gasteiger partial charge on any atom is 0.241 e. The zero-order valence-electron chi connectivity index (χ0n) is 9.71. The predicted molar refractivity (Wildman–Crippen MR) is 73.3 cm³/mol. The normalized spacial score (nSPS) is 10.7. The molecule has 0 saturated carbocycles. The Morgan fingerprint density at radius 2 is 2.22 bits per heavy atom. The number of thiophene rings is 1. The van der Waals surface area contributed by atoms with Crippen LogP contribution < -0.4 is 10.5 Å². The van der Waals surface area contributed by atoms with Crippen molar-refractivity contribution in [2.45, 2.75) is 6.61 Å². The van der Waals surface area contributed by atoms with Gasteiger partial charge in [0.2, 0.25) is 5.91 Å². The molecule has 1 amide bonds. The summed E-state index contributed by atoms with van der Waals surface area (Å²) in [6.45, 7) is 0.556. The topological polar surface area (TPSA) is 52.3 Å². The van der Waals surface area contributed by atoms with E-state index in [-0.39, 0.29) is 0 Å². The highest BCUT2D eigenvalue weighted by molar-refractivity contribution is 7.09. The van der Waals surface area contributed by atoms with E-state index in [1.807, 2.05) is 41.8 Å². The smallest absolute Gasteiger partial charge is 0.241 e. The van der Waals surface area contributed by atoms with Crippen LogP contribution in [-0.2, 0) is 11.4 Å². The van der Waals surface area contributed by atoms with E-state index in [4.69, 9.17) is 10.5 Å². The van der Waals surface area contributed by atoms with E-state index in [0.29, 0.717) is 6.61 Å². The molecule has 0 fully saturated rings. The van der Waals surface area contributed by atoms with E-state index in [1.165, 1.54) is 11.0 Å². The molecule has 0 radical (unpaired) electrons. The van der Waals surface area contributed by atoms with Crippen molar-refractivity contribution in [3.8, 4) is 5.75 Å². The van der Waals surface area contributed by atoms with Gasteiger partial charge in [-0.05, 0) is 35.2 Å². The van der Waals surface area contributed by atoms with Crippen LogP contribution in [-0.4, -0.2) is 5.91 Å². The van der Waals surface area contributed by atoms with Crippen LogP contribution in [0.25, 0.3) is 6.08 Å². The molecule has 0 aliphatic rings. The van der Waals surface area contributed by atoms with Crippen LogP contribution in [0.1, 0.15) is 10.4 Å². The van der Waals surface area contributed by atoms with Crippen LogP contribution in [0.4, 0.5) is 0 Å². The SMILES string of the molecule is NC(=O)/C=C\c1cccc(OCc2cccs2)c1. The summed E-state index contributed by atoms with van der Waals surface area (Å²) in [7, 11) is 0. The van der Waals surface area contributed by atoms with E-state index in [0.717, 1.165) is 11.3 Å². The Morgan fingerprint density at radius 1 is 1.33 bits per heavy atom. The maximum atomic E-state index is 10.6. The number of primary amides is 1. The van der Waals surface area contributed by atoms with Crippen molar-refractivity contribution in [3.63, 3.8) is 0 Å². The van der Waals surface area contributed by atoms with Gasteiger partial charge in [-0.15, -0.1) is 11.3 Å². The highest BCUT2D eigenvalue weighted by atomic mass is 32.1. The van der Waals surface area contributed by atoms with Crippen molar-refractivity contribution in [1.82, 2.24) is 0 Å². The Morgan fingerprint density at radius 3 is 2.94 bits per heavy atom. The lowest BCUT2D eigenvalue weighted by Gasteiger charge is -2.05. The lowest BCUT2D eigenvalue weighted by molar-refractivity contribution is -0.113.